The Morgan fingerprint density at radius 1 is 1.10 bits per heavy atom. The van der Waals surface area contributed by atoms with Gasteiger partial charge in [0.15, 0.2) is 0 Å². The van der Waals surface area contributed by atoms with E-state index in [0.717, 1.165) is 0 Å². The normalized spacial score (nSPS) is 10.5. The summed E-state index contributed by atoms with van der Waals surface area (Å²) in [6.07, 6.45) is -0.0265. The van der Waals surface area contributed by atoms with Crippen LogP contribution in [0.15, 0.2) is 42.5 Å². The van der Waals surface area contributed by atoms with Crippen molar-refractivity contribution in [1.82, 2.24) is 0 Å². The number of nitrogens with one attached hydrogen (secondary N) is 1. The lowest BCUT2D eigenvalue weighted by Crippen LogP contribution is -2.12. The van der Waals surface area contributed by atoms with Crippen LogP contribution >= 0.6 is 23.2 Å². The minimum Gasteiger partial charge on any atom is -0.489 e. The first-order valence-corrected chi connectivity index (χ1v) is 7.25. The third kappa shape index (κ3) is 4.13. The highest BCUT2D eigenvalue weighted by atomic mass is 35.5. The first-order chi connectivity index (χ1) is 9.97. The minimum atomic E-state index is -0.240. The molecule has 0 aliphatic heterocycles. The third-order valence-electron chi connectivity index (χ3n) is 2.67. The van der Waals surface area contributed by atoms with Crippen LogP contribution < -0.4 is 10.1 Å². The molecule has 0 atom stereocenters. The molecule has 2 aromatic carbocycles. The number of benzene rings is 2. The molecular formula is C16H15Cl2NO2. The highest BCUT2D eigenvalue weighted by molar-refractivity contribution is 6.37. The number of rotatable bonds is 4. The summed E-state index contributed by atoms with van der Waals surface area (Å²) in [5.41, 5.74) is 1.01. The first-order valence-electron chi connectivity index (χ1n) is 6.49. The highest BCUT2D eigenvalue weighted by Crippen LogP contribution is 2.35. The van der Waals surface area contributed by atoms with Gasteiger partial charge < -0.3 is 10.1 Å². The van der Waals surface area contributed by atoms with Crippen molar-refractivity contribution in [2.24, 2.45) is 0 Å². The van der Waals surface area contributed by atoms with Crippen molar-refractivity contribution >= 4 is 34.8 Å². The Bertz CT molecular complexity index is 642. The monoisotopic (exact) mass is 323 g/mol. The molecule has 0 spiro atoms. The number of ether oxygens (including phenoxy) is 1. The molecule has 21 heavy (non-hydrogen) atoms. The number of hydrogen-bond acceptors (Lipinski definition) is 2. The minimum absolute atomic E-state index is 0.0265. The van der Waals surface area contributed by atoms with Crippen LogP contribution in [0.3, 0.4) is 0 Å². The van der Waals surface area contributed by atoms with Crippen molar-refractivity contribution in [1.29, 1.82) is 0 Å². The van der Waals surface area contributed by atoms with E-state index in [-0.39, 0.29) is 12.0 Å². The average Bonchev–Trinajstić information content (AvgIpc) is 2.44. The van der Waals surface area contributed by atoms with E-state index < -0.39 is 0 Å². The molecule has 3 nitrogen and oxygen atoms in total. The molecule has 1 amide bonds. The molecule has 0 heterocycles. The van der Waals surface area contributed by atoms with E-state index in [2.05, 4.69) is 5.32 Å². The summed E-state index contributed by atoms with van der Waals surface area (Å²) in [7, 11) is 0. The second-order valence-electron chi connectivity index (χ2n) is 4.75. The second kappa shape index (κ2) is 6.83. The van der Waals surface area contributed by atoms with Gasteiger partial charge >= 0.3 is 0 Å². The molecule has 0 bridgehead atoms. The zero-order valence-electron chi connectivity index (χ0n) is 11.7. The van der Waals surface area contributed by atoms with E-state index in [9.17, 15) is 4.79 Å². The van der Waals surface area contributed by atoms with Crippen LogP contribution in [0.1, 0.15) is 24.2 Å². The quantitative estimate of drug-likeness (QED) is 0.856. The lowest BCUT2D eigenvalue weighted by atomic mass is 10.2. The van der Waals surface area contributed by atoms with Gasteiger partial charge in [-0.05, 0) is 32.0 Å². The molecule has 0 fully saturated rings. The maximum atomic E-state index is 12.1. The van der Waals surface area contributed by atoms with E-state index in [1.54, 1.807) is 36.4 Å². The third-order valence-corrected chi connectivity index (χ3v) is 3.28. The first kappa shape index (κ1) is 15.7. The van der Waals surface area contributed by atoms with Gasteiger partial charge in [-0.3, -0.25) is 4.79 Å². The topological polar surface area (TPSA) is 38.3 Å². The molecule has 0 aliphatic carbocycles. The van der Waals surface area contributed by atoms with Gasteiger partial charge in [0.05, 0.1) is 21.8 Å². The Labute approximate surface area is 133 Å². The van der Waals surface area contributed by atoms with Crippen LogP contribution in [0.4, 0.5) is 5.69 Å². The second-order valence-corrected chi connectivity index (χ2v) is 5.56. The molecule has 0 radical (unpaired) electrons. The maximum Gasteiger partial charge on any atom is 0.255 e. The predicted molar refractivity (Wildman–Crippen MR) is 86.6 cm³/mol. The van der Waals surface area contributed by atoms with Crippen LogP contribution in [0.2, 0.25) is 10.0 Å². The van der Waals surface area contributed by atoms with Crippen molar-refractivity contribution in [3.05, 3.63) is 58.1 Å². The number of amides is 1. The number of halogens is 2. The molecule has 0 saturated heterocycles. The largest absolute Gasteiger partial charge is 0.489 e. The van der Waals surface area contributed by atoms with Gasteiger partial charge in [0.1, 0.15) is 5.75 Å². The molecule has 1 N–H and O–H groups in total. The van der Waals surface area contributed by atoms with E-state index in [1.807, 2.05) is 19.9 Å². The molecule has 5 heteroatoms. The number of carbonyl (C=O) groups is 1. The fourth-order valence-electron chi connectivity index (χ4n) is 1.75. The van der Waals surface area contributed by atoms with Crippen molar-refractivity contribution in [3.8, 4) is 5.75 Å². The van der Waals surface area contributed by atoms with Crippen LogP contribution in [0.25, 0.3) is 0 Å². The summed E-state index contributed by atoms with van der Waals surface area (Å²) in [5, 5.41) is 3.53. The van der Waals surface area contributed by atoms with Crippen molar-refractivity contribution < 1.29 is 9.53 Å². The molecule has 0 saturated carbocycles. The Kier molecular flexibility index (Phi) is 5.10. The molecule has 110 valence electrons. The zero-order valence-corrected chi connectivity index (χ0v) is 13.2. The van der Waals surface area contributed by atoms with Crippen molar-refractivity contribution in [2.75, 3.05) is 5.32 Å². The number of hydrogen-bond donors (Lipinski definition) is 1. The molecule has 0 unspecified atom stereocenters. The standard InChI is InChI=1S/C16H15Cl2NO2/c1-10(2)21-15-9-14(12(17)8-13(15)18)19-16(20)11-6-4-3-5-7-11/h3-10H,1-2H3,(H,19,20). The van der Waals surface area contributed by atoms with Crippen molar-refractivity contribution in [3.63, 3.8) is 0 Å². The summed E-state index contributed by atoms with van der Waals surface area (Å²) >= 11 is 12.2. The summed E-state index contributed by atoms with van der Waals surface area (Å²) in [6, 6.07) is 12.1. The average molecular weight is 324 g/mol. The van der Waals surface area contributed by atoms with Gasteiger partial charge in [-0.2, -0.15) is 0 Å². The van der Waals surface area contributed by atoms with E-state index in [1.165, 1.54) is 0 Å². The SMILES string of the molecule is CC(C)Oc1cc(NC(=O)c2ccccc2)c(Cl)cc1Cl. The van der Waals surface area contributed by atoms with Crippen LogP contribution in [-0.4, -0.2) is 12.0 Å². The van der Waals surface area contributed by atoms with Crippen LogP contribution in [0, 0.1) is 0 Å². The molecule has 2 aromatic rings. The van der Waals surface area contributed by atoms with E-state index >= 15 is 0 Å². The zero-order chi connectivity index (χ0) is 15.4. The van der Waals surface area contributed by atoms with Crippen LogP contribution in [0.5, 0.6) is 5.75 Å². The van der Waals surface area contributed by atoms with E-state index in [0.29, 0.717) is 27.0 Å². The molecular weight excluding hydrogens is 309 g/mol. The Hall–Kier alpha value is -1.71. The van der Waals surface area contributed by atoms with Gasteiger partial charge in [0, 0.05) is 11.6 Å². The predicted octanol–water partition coefficient (Wildman–Crippen LogP) is 5.03. The Balaban J connectivity index is 2.25. The summed E-state index contributed by atoms with van der Waals surface area (Å²) in [5.74, 6) is 0.245. The Morgan fingerprint density at radius 3 is 2.38 bits per heavy atom. The number of anilines is 1. The molecule has 0 aliphatic rings. The fraction of sp³-hybridized carbons (Fsp3) is 0.188. The van der Waals surface area contributed by atoms with Gasteiger partial charge in [-0.1, -0.05) is 41.4 Å². The van der Waals surface area contributed by atoms with Gasteiger partial charge in [-0.15, -0.1) is 0 Å². The van der Waals surface area contributed by atoms with Crippen molar-refractivity contribution in [2.45, 2.75) is 20.0 Å². The van der Waals surface area contributed by atoms with Gasteiger partial charge in [0.2, 0.25) is 0 Å². The van der Waals surface area contributed by atoms with E-state index in [4.69, 9.17) is 27.9 Å². The summed E-state index contributed by atoms with van der Waals surface area (Å²) in [4.78, 5) is 12.1. The smallest absolute Gasteiger partial charge is 0.255 e. The highest BCUT2D eigenvalue weighted by Gasteiger charge is 2.13. The van der Waals surface area contributed by atoms with Gasteiger partial charge in [-0.25, -0.2) is 0 Å². The maximum absolute atomic E-state index is 12.1. The molecule has 2 rings (SSSR count). The molecule has 0 aromatic heterocycles. The Morgan fingerprint density at radius 2 is 1.76 bits per heavy atom. The lowest BCUT2D eigenvalue weighted by molar-refractivity contribution is 0.102. The van der Waals surface area contributed by atoms with Crippen LogP contribution in [-0.2, 0) is 0 Å². The number of carbonyl (C=O) groups excluding carboxylic acids is 1. The lowest BCUT2D eigenvalue weighted by Gasteiger charge is -2.14. The fourth-order valence-corrected chi connectivity index (χ4v) is 2.23. The van der Waals surface area contributed by atoms with Gasteiger partial charge in [0.25, 0.3) is 5.91 Å². The summed E-state index contributed by atoms with van der Waals surface area (Å²) < 4.78 is 5.59. The summed E-state index contributed by atoms with van der Waals surface area (Å²) in [6.45, 7) is 3.79.